The summed E-state index contributed by atoms with van der Waals surface area (Å²) in [7, 11) is 0. The van der Waals surface area contributed by atoms with Crippen molar-refractivity contribution >= 4 is 0 Å². The molecule has 0 radical (unpaired) electrons. The van der Waals surface area contributed by atoms with Gasteiger partial charge in [0.05, 0.1) is 0 Å². The van der Waals surface area contributed by atoms with Gasteiger partial charge in [0.25, 0.3) is 0 Å². The quantitative estimate of drug-likeness (QED) is 0.840. The molecule has 1 aliphatic rings. The number of ether oxygens (including phenoxy) is 1. The number of hydrogen-bond acceptors (Lipinski definition) is 2. The van der Waals surface area contributed by atoms with Crippen LogP contribution in [0, 0.1) is 0 Å². The van der Waals surface area contributed by atoms with Crippen molar-refractivity contribution in [3.05, 3.63) is 29.8 Å². The monoisotopic (exact) mass is 219 g/mol. The van der Waals surface area contributed by atoms with Gasteiger partial charge in [-0.3, -0.25) is 0 Å². The molecule has 0 aromatic heterocycles. The van der Waals surface area contributed by atoms with Crippen molar-refractivity contribution in [2.24, 2.45) is 0 Å². The second kappa shape index (κ2) is 5.35. The van der Waals surface area contributed by atoms with E-state index < -0.39 is 0 Å². The van der Waals surface area contributed by atoms with E-state index in [-0.39, 0.29) is 0 Å². The highest BCUT2D eigenvalue weighted by molar-refractivity contribution is 5.35. The normalized spacial score (nSPS) is 20.3. The number of nitrogens with one attached hydrogen (secondary N) is 1. The van der Waals surface area contributed by atoms with Gasteiger partial charge in [-0.05, 0) is 36.9 Å². The van der Waals surface area contributed by atoms with Gasteiger partial charge in [-0.1, -0.05) is 32.0 Å². The lowest BCUT2D eigenvalue weighted by molar-refractivity contribution is 0.274. The zero-order valence-corrected chi connectivity index (χ0v) is 10.2. The average Bonchev–Trinajstić information content (AvgIpc) is 2.79. The van der Waals surface area contributed by atoms with E-state index in [4.69, 9.17) is 4.74 Å². The molecule has 1 aliphatic heterocycles. The molecule has 0 spiro atoms. The molecule has 1 fully saturated rings. The van der Waals surface area contributed by atoms with E-state index in [1.807, 2.05) is 6.07 Å². The van der Waals surface area contributed by atoms with Crippen LogP contribution in [0.1, 0.15) is 38.2 Å². The topological polar surface area (TPSA) is 21.3 Å². The van der Waals surface area contributed by atoms with Crippen LogP contribution in [0.5, 0.6) is 5.75 Å². The molecular formula is C14H21NO. The van der Waals surface area contributed by atoms with Crippen molar-refractivity contribution in [3.8, 4) is 5.75 Å². The Balaban J connectivity index is 1.97. The molecule has 2 rings (SSSR count). The SMILES string of the molecule is CC(C)c1ccccc1OCC1CCCN1. The van der Waals surface area contributed by atoms with Gasteiger partial charge >= 0.3 is 0 Å². The fourth-order valence-electron chi connectivity index (χ4n) is 2.18. The van der Waals surface area contributed by atoms with Crippen LogP contribution >= 0.6 is 0 Å². The van der Waals surface area contributed by atoms with E-state index in [0.29, 0.717) is 12.0 Å². The highest BCUT2D eigenvalue weighted by Gasteiger charge is 2.15. The van der Waals surface area contributed by atoms with Crippen molar-refractivity contribution in [2.75, 3.05) is 13.2 Å². The largest absolute Gasteiger partial charge is 0.492 e. The molecule has 1 saturated heterocycles. The summed E-state index contributed by atoms with van der Waals surface area (Å²) < 4.78 is 5.92. The summed E-state index contributed by atoms with van der Waals surface area (Å²) in [5.74, 6) is 1.57. The minimum absolute atomic E-state index is 0.521. The molecule has 88 valence electrons. The molecule has 0 aliphatic carbocycles. The van der Waals surface area contributed by atoms with Gasteiger partial charge in [0.2, 0.25) is 0 Å². The Morgan fingerprint density at radius 2 is 2.19 bits per heavy atom. The molecule has 1 N–H and O–H groups in total. The third-order valence-corrected chi connectivity index (χ3v) is 3.14. The lowest BCUT2D eigenvalue weighted by Gasteiger charge is -2.16. The van der Waals surface area contributed by atoms with Crippen molar-refractivity contribution in [2.45, 2.75) is 38.6 Å². The summed E-state index contributed by atoms with van der Waals surface area (Å²) >= 11 is 0. The third-order valence-electron chi connectivity index (χ3n) is 3.14. The summed E-state index contributed by atoms with van der Waals surface area (Å²) in [6.45, 7) is 6.34. The number of hydrogen-bond donors (Lipinski definition) is 1. The van der Waals surface area contributed by atoms with Gasteiger partial charge in [-0.2, -0.15) is 0 Å². The van der Waals surface area contributed by atoms with E-state index in [0.717, 1.165) is 18.9 Å². The van der Waals surface area contributed by atoms with Crippen LogP contribution in [0.2, 0.25) is 0 Å². The van der Waals surface area contributed by atoms with E-state index >= 15 is 0 Å². The Kier molecular flexibility index (Phi) is 3.83. The first-order valence-corrected chi connectivity index (χ1v) is 6.22. The maximum atomic E-state index is 5.92. The molecule has 1 aromatic rings. The Labute approximate surface area is 98.0 Å². The maximum Gasteiger partial charge on any atom is 0.122 e. The molecule has 2 heteroatoms. The van der Waals surface area contributed by atoms with Crippen LogP contribution in [-0.2, 0) is 0 Å². The highest BCUT2D eigenvalue weighted by Crippen LogP contribution is 2.26. The lowest BCUT2D eigenvalue weighted by atomic mass is 10.0. The van der Waals surface area contributed by atoms with Crippen LogP contribution in [0.15, 0.2) is 24.3 Å². The zero-order chi connectivity index (χ0) is 11.4. The van der Waals surface area contributed by atoms with Gasteiger partial charge in [0.15, 0.2) is 0 Å². The molecule has 0 amide bonds. The number of rotatable bonds is 4. The van der Waals surface area contributed by atoms with Crippen LogP contribution in [0.25, 0.3) is 0 Å². The molecule has 1 aromatic carbocycles. The minimum Gasteiger partial charge on any atom is -0.492 e. The zero-order valence-electron chi connectivity index (χ0n) is 10.2. The fourth-order valence-corrected chi connectivity index (χ4v) is 2.18. The molecular weight excluding hydrogens is 198 g/mol. The van der Waals surface area contributed by atoms with Crippen molar-refractivity contribution in [1.82, 2.24) is 5.32 Å². The van der Waals surface area contributed by atoms with Crippen molar-refractivity contribution in [1.29, 1.82) is 0 Å². The van der Waals surface area contributed by atoms with E-state index in [1.165, 1.54) is 18.4 Å². The Bertz CT molecular complexity index is 329. The molecule has 16 heavy (non-hydrogen) atoms. The molecule has 2 nitrogen and oxygen atoms in total. The summed E-state index contributed by atoms with van der Waals surface area (Å²) in [6, 6.07) is 8.89. The van der Waals surface area contributed by atoms with Gasteiger partial charge in [0.1, 0.15) is 12.4 Å². The first-order chi connectivity index (χ1) is 7.77. The van der Waals surface area contributed by atoms with Gasteiger partial charge in [0, 0.05) is 6.04 Å². The predicted molar refractivity (Wildman–Crippen MR) is 67.1 cm³/mol. The first kappa shape index (κ1) is 11.5. The lowest BCUT2D eigenvalue weighted by Crippen LogP contribution is -2.28. The number of benzene rings is 1. The molecule has 0 bridgehead atoms. The van der Waals surface area contributed by atoms with Crippen molar-refractivity contribution in [3.63, 3.8) is 0 Å². The van der Waals surface area contributed by atoms with Crippen molar-refractivity contribution < 1.29 is 4.74 Å². The summed E-state index contributed by atoms with van der Waals surface area (Å²) in [4.78, 5) is 0. The Morgan fingerprint density at radius 3 is 2.88 bits per heavy atom. The molecule has 1 unspecified atom stereocenters. The first-order valence-electron chi connectivity index (χ1n) is 6.22. The average molecular weight is 219 g/mol. The summed E-state index contributed by atoms with van der Waals surface area (Å²) in [5.41, 5.74) is 1.31. The second-order valence-electron chi connectivity index (χ2n) is 4.80. The van der Waals surface area contributed by atoms with E-state index in [1.54, 1.807) is 0 Å². The standard InChI is InChI=1S/C14H21NO/c1-11(2)13-7-3-4-8-14(13)16-10-12-6-5-9-15-12/h3-4,7-8,11-12,15H,5-6,9-10H2,1-2H3. The third kappa shape index (κ3) is 2.76. The van der Waals surface area contributed by atoms with Crippen LogP contribution in [-0.4, -0.2) is 19.2 Å². The van der Waals surface area contributed by atoms with Crippen LogP contribution in [0.4, 0.5) is 0 Å². The van der Waals surface area contributed by atoms with E-state index in [2.05, 4.69) is 37.4 Å². The second-order valence-corrected chi connectivity index (χ2v) is 4.80. The fraction of sp³-hybridized carbons (Fsp3) is 0.571. The van der Waals surface area contributed by atoms with Gasteiger partial charge in [-0.25, -0.2) is 0 Å². The Hall–Kier alpha value is -1.02. The van der Waals surface area contributed by atoms with Crippen LogP contribution in [0.3, 0.4) is 0 Å². The van der Waals surface area contributed by atoms with Crippen LogP contribution < -0.4 is 10.1 Å². The smallest absolute Gasteiger partial charge is 0.122 e. The molecule has 1 atom stereocenters. The molecule has 1 heterocycles. The maximum absolute atomic E-state index is 5.92. The number of para-hydroxylation sites is 1. The predicted octanol–water partition coefficient (Wildman–Crippen LogP) is 2.94. The Morgan fingerprint density at radius 1 is 1.38 bits per heavy atom. The molecule has 0 saturated carbocycles. The highest BCUT2D eigenvalue weighted by atomic mass is 16.5. The summed E-state index contributed by atoms with van der Waals surface area (Å²) in [5, 5.41) is 3.45. The van der Waals surface area contributed by atoms with Gasteiger partial charge < -0.3 is 10.1 Å². The van der Waals surface area contributed by atoms with E-state index in [9.17, 15) is 0 Å². The van der Waals surface area contributed by atoms with Gasteiger partial charge in [-0.15, -0.1) is 0 Å². The minimum atomic E-state index is 0.521. The summed E-state index contributed by atoms with van der Waals surface area (Å²) in [6.07, 6.45) is 2.52.